The molecular formula is C14H24ClN5O. The van der Waals surface area contributed by atoms with E-state index < -0.39 is 6.04 Å². The lowest BCUT2D eigenvalue weighted by Gasteiger charge is -2.34. The largest absolute Gasteiger partial charge is 0.353 e. The second-order valence-corrected chi connectivity index (χ2v) is 5.65. The highest BCUT2D eigenvalue weighted by atomic mass is 35.5. The number of rotatable bonds is 4. The molecule has 1 aliphatic heterocycles. The molecular weight excluding hydrogens is 290 g/mol. The molecule has 1 unspecified atom stereocenters. The molecule has 0 radical (unpaired) electrons. The molecule has 0 spiro atoms. The minimum absolute atomic E-state index is 0. The average molecular weight is 314 g/mol. The van der Waals surface area contributed by atoms with E-state index in [0.29, 0.717) is 0 Å². The number of hydrogen-bond donors (Lipinski definition) is 2. The summed E-state index contributed by atoms with van der Waals surface area (Å²) in [5.74, 6) is 0.945. The van der Waals surface area contributed by atoms with Crippen LogP contribution in [0.15, 0.2) is 18.3 Å². The molecule has 0 bridgehead atoms. The number of amides is 1. The first-order chi connectivity index (χ1) is 9.58. The van der Waals surface area contributed by atoms with Gasteiger partial charge in [0.05, 0.1) is 6.04 Å². The summed E-state index contributed by atoms with van der Waals surface area (Å²) in [4.78, 5) is 14.2. The average Bonchev–Trinajstić information content (AvgIpc) is 2.47. The van der Waals surface area contributed by atoms with Gasteiger partial charge in [0, 0.05) is 25.3 Å². The standard InChI is InChI=1S/C14H23N5O.ClH/c1-10(2)13(15)14(20)17-11-5-4-8-19(9-11)12-6-3-7-16-18-12;/h3,6-7,10-11,13H,4-5,8-9,15H2,1-2H3,(H,17,20);1H/t11?,13-;/m0./s1. The predicted molar refractivity (Wildman–Crippen MR) is 85.5 cm³/mol. The van der Waals surface area contributed by atoms with Gasteiger partial charge in [-0.25, -0.2) is 0 Å². The molecule has 0 saturated carbocycles. The van der Waals surface area contributed by atoms with Crippen LogP contribution in [0.4, 0.5) is 5.82 Å². The Kier molecular flexibility index (Phi) is 6.84. The van der Waals surface area contributed by atoms with Crippen molar-refractivity contribution >= 4 is 24.1 Å². The Balaban J connectivity index is 0.00000220. The summed E-state index contributed by atoms with van der Waals surface area (Å²) >= 11 is 0. The van der Waals surface area contributed by atoms with Crippen LogP contribution in [0.25, 0.3) is 0 Å². The van der Waals surface area contributed by atoms with Crippen molar-refractivity contribution in [2.24, 2.45) is 11.7 Å². The molecule has 1 fully saturated rings. The molecule has 7 heteroatoms. The van der Waals surface area contributed by atoms with E-state index in [1.807, 2.05) is 26.0 Å². The maximum atomic E-state index is 12.0. The molecule has 118 valence electrons. The van der Waals surface area contributed by atoms with Crippen LogP contribution in [0.3, 0.4) is 0 Å². The van der Waals surface area contributed by atoms with Gasteiger partial charge in [-0.3, -0.25) is 4.79 Å². The number of nitrogens with one attached hydrogen (secondary N) is 1. The van der Waals surface area contributed by atoms with E-state index in [2.05, 4.69) is 20.4 Å². The molecule has 3 N–H and O–H groups in total. The highest BCUT2D eigenvalue weighted by Gasteiger charge is 2.25. The summed E-state index contributed by atoms with van der Waals surface area (Å²) in [5.41, 5.74) is 5.87. The first-order valence-corrected chi connectivity index (χ1v) is 7.16. The zero-order chi connectivity index (χ0) is 14.5. The van der Waals surface area contributed by atoms with Crippen molar-refractivity contribution in [1.29, 1.82) is 0 Å². The van der Waals surface area contributed by atoms with Crippen molar-refractivity contribution in [3.63, 3.8) is 0 Å². The maximum Gasteiger partial charge on any atom is 0.237 e. The lowest BCUT2D eigenvalue weighted by molar-refractivity contribution is -0.124. The summed E-state index contributed by atoms with van der Waals surface area (Å²) < 4.78 is 0. The Morgan fingerprint density at radius 2 is 2.29 bits per heavy atom. The van der Waals surface area contributed by atoms with E-state index in [1.54, 1.807) is 6.20 Å². The van der Waals surface area contributed by atoms with Crippen molar-refractivity contribution in [1.82, 2.24) is 15.5 Å². The van der Waals surface area contributed by atoms with E-state index >= 15 is 0 Å². The Labute approximate surface area is 131 Å². The Morgan fingerprint density at radius 1 is 1.52 bits per heavy atom. The quantitative estimate of drug-likeness (QED) is 0.865. The van der Waals surface area contributed by atoms with Crippen LogP contribution in [0.2, 0.25) is 0 Å². The third-order valence-electron chi connectivity index (χ3n) is 3.67. The summed E-state index contributed by atoms with van der Waals surface area (Å²) in [6, 6.07) is 3.50. The fraction of sp³-hybridized carbons (Fsp3) is 0.643. The van der Waals surface area contributed by atoms with Gasteiger partial charge in [0.15, 0.2) is 5.82 Å². The number of carbonyl (C=O) groups is 1. The molecule has 0 aliphatic carbocycles. The van der Waals surface area contributed by atoms with Gasteiger partial charge in [-0.2, -0.15) is 5.10 Å². The van der Waals surface area contributed by atoms with Crippen molar-refractivity contribution in [3.8, 4) is 0 Å². The van der Waals surface area contributed by atoms with Gasteiger partial charge in [0.25, 0.3) is 0 Å². The van der Waals surface area contributed by atoms with Gasteiger partial charge in [-0.15, -0.1) is 17.5 Å². The van der Waals surface area contributed by atoms with Crippen LogP contribution in [-0.2, 0) is 4.79 Å². The van der Waals surface area contributed by atoms with Crippen LogP contribution in [0.5, 0.6) is 0 Å². The first kappa shape index (κ1) is 17.7. The molecule has 1 aromatic rings. The molecule has 1 aromatic heterocycles. The summed E-state index contributed by atoms with van der Waals surface area (Å²) in [6.07, 6.45) is 3.67. The number of piperidine rings is 1. The van der Waals surface area contributed by atoms with Crippen molar-refractivity contribution in [3.05, 3.63) is 18.3 Å². The van der Waals surface area contributed by atoms with Gasteiger partial charge in [-0.05, 0) is 30.9 Å². The Hall–Kier alpha value is -1.40. The molecule has 1 aliphatic rings. The number of nitrogens with two attached hydrogens (primary N) is 1. The number of nitrogens with zero attached hydrogens (tertiary/aromatic N) is 3. The lowest BCUT2D eigenvalue weighted by atomic mass is 10.0. The zero-order valence-electron chi connectivity index (χ0n) is 12.5. The normalized spacial score (nSPS) is 19.8. The third kappa shape index (κ3) is 4.82. The first-order valence-electron chi connectivity index (χ1n) is 7.16. The monoisotopic (exact) mass is 313 g/mol. The number of anilines is 1. The van der Waals surface area contributed by atoms with Crippen LogP contribution in [0, 0.1) is 5.92 Å². The molecule has 2 rings (SSSR count). The predicted octanol–water partition coefficient (Wildman–Crippen LogP) is 0.967. The molecule has 21 heavy (non-hydrogen) atoms. The van der Waals surface area contributed by atoms with E-state index in [-0.39, 0.29) is 30.3 Å². The molecule has 6 nitrogen and oxygen atoms in total. The van der Waals surface area contributed by atoms with Gasteiger partial charge in [0.2, 0.25) is 5.91 Å². The molecule has 2 heterocycles. The van der Waals surface area contributed by atoms with Crippen molar-refractivity contribution < 1.29 is 4.79 Å². The smallest absolute Gasteiger partial charge is 0.237 e. The zero-order valence-corrected chi connectivity index (χ0v) is 13.3. The van der Waals surface area contributed by atoms with E-state index in [9.17, 15) is 4.79 Å². The summed E-state index contributed by atoms with van der Waals surface area (Å²) in [7, 11) is 0. The second-order valence-electron chi connectivity index (χ2n) is 5.65. The molecule has 1 saturated heterocycles. The fourth-order valence-corrected chi connectivity index (χ4v) is 2.37. The summed E-state index contributed by atoms with van der Waals surface area (Å²) in [5, 5.41) is 11.1. The highest BCUT2D eigenvalue weighted by Crippen LogP contribution is 2.16. The van der Waals surface area contributed by atoms with Crippen molar-refractivity contribution in [2.75, 3.05) is 18.0 Å². The van der Waals surface area contributed by atoms with E-state index in [0.717, 1.165) is 31.7 Å². The second kappa shape index (κ2) is 8.14. The minimum Gasteiger partial charge on any atom is -0.353 e. The van der Waals surface area contributed by atoms with E-state index in [1.165, 1.54) is 0 Å². The van der Waals surface area contributed by atoms with Gasteiger partial charge in [-0.1, -0.05) is 13.8 Å². The Morgan fingerprint density at radius 3 is 2.90 bits per heavy atom. The topological polar surface area (TPSA) is 84.1 Å². The van der Waals surface area contributed by atoms with E-state index in [4.69, 9.17) is 5.73 Å². The van der Waals surface area contributed by atoms with Crippen LogP contribution >= 0.6 is 12.4 Å². The number of hydrogen-bond acceptors (Lipinski definition) is 5. The highest BCUT2D eigenvalue weighted by molar-refractivity contribution is 5.85. The molecule has 1 amide bonds. The SMILES string of the molecule is CC(C)[C@H](N)C(=O)NC1CCCN(c2cccnn2)C1.Cl. The Bertz CT molecular complexity index is 442. The summed E-state index contributed by atoms with van der Waals surface area (Å²) in [6.45, 7) is 5.62. The molecule has 0 aromatic carbocycles. The van der Waals surface area contributed by atoms with Gasteiger partial charge in [0.1, 0.15) is 0 Å². The minimum atomic E-state index is -0.443. The lowest BCUT2D eigenvalue weighted by Crippen LogP contribution is -2.53. The number of halogens is 1. The molecule has 2 atom stereocenters. The van der Waals surface area contributed by atoms with Crippen molar-refractivity contribution in [2.45, 2.75) is 38.8 Å². The maximum absolute atomic E-state index is 12.0. The van der Waals surface area contributed by atoms with Crippen LogP contribution < -0.4 is 16.0 Å². The van der Waals surface area contributed by atoms with Crippen LogP contribution in [0.1, 0.15) is 26.7 Å². The number of carbonyl (C=O) groups excluding carboxylic acids is 1. The third-order valence-corrected chi connectivity index (χ3v) is 3.67. The number of aromatic nitrogens is 2. The van der Waals surface area contributed by atoms with Crippen LogP contribution in [-0.4, -0.2) is 41.3 Å². The van der Waals surface area contributed by atoms with Gasteiger partial charge >= 0.3 is 0 Å². The van der Waals surface area contributed by atoms with Gasteiger partial charge < -0.3 is 16.0 Å². The fourth-order valence-electron chi connectivity index (χ4n) is 2.37.